The fraction of sp³-hybridized carbons (Fsp3) is 0.233. The van der Waals surface area contributed by atoms with Gasteiger partial charge in [-0.05, 0) is 49.4 Å². The largest absolute Gasteiger partial charge is 0.569 e. The van der Waals surface area contributed by atoms with E-state index in [9.17, 15) is 36.4 Å². The average molecular weight is 673 g/mol. The van der Waals surface area contributed by atoms with E-state index >= 15 is 0 Å². The van der Waals surface area contributed by atoms with E-state index in [-0.39, 0.29) is 39.9 Å². The van der Waals surface area contributed by atoms with Gasteiger partial charge in [-0.1, -0.05) is 48.0 Å². The Balaban J connectivity index is 1.19. The number of ether oxygens (including phenoxy) is 1. The molecule has 1 atom stereocenters. The molecule has 1 amide bonds. The van der Waals surface area contributed by atoms with E-state index in [2.05, 4.69) is 10.4 Å². The number of hydrogen-bond acceptors (Lipinski definition) is 9. The van der Waals surface area contributed by atoms with Gasteiger partial charge in [-0.15, -0.1) is 5.01 Å². The molecule has 5 rings (SSSR count). The van der Waals surface area contributed by atoms with Crippen LogP contribution in [0.4, 0.5) is 13.2 Å². The molecule has 1 unspecified atom stereocenters. The van der Waals surface area contributed by atoms with Gasteiger partial charge in [-0.3, -0.25) is 9.63 Å². The fourth-order valence-corrected chi connectivity index (χ4v) is 5.47. The molecule has 0 spiro atoms. The highest BCUT2D eigenvalue weighted by molar-refractivity contribution is 7.90. The van der Waals surface area contributed by atoms with Crippen molar-refractivity contribution in [1.29, 1.82) is 0 Å². The minimum absolute atomic E-state index is 0.0498. The van der Waals surface area contributed by atoms with Crippen LogP contribution < -0.4 is 4.72 Å². The summed E-state index contributed by atoms with van der Waals surface area (Å²) in [4.78, 5) is 29.3. The molecule has 2 heterocycles. The van der Waals surface area contributed by atoms with Crippen molar-refractivity contribution in [2.24, 2.45) is 11.2 Å². The Morgan fingerprint density at radius 3 is 2.30 bits per heavy atom. The van der Waals surface area contributed by atoms with Gasteiger partial charge in [0.2, 0.25) is 11.2 Å². The molecule has 1 saturated heterocycles. The summed E-state index contributed by atoms with van der Waals surface area (Å²) in [6.07, 6.45) is -5.92. The van der Waals surface area contributed by atoms with E-state index in [1.807, 2.05) is 11.6 Å². The van der Waals surface area contributed by atoms with Crippen molar-refractivity contribution >= 4 is 21.9 Å². The zero-order chi connectivity index (χ0) is 33.9. The Morgan fingerprint density at radius 1 is 1.04 bits per heavy atom. The highest BCUT2D eigenvalue weighted by atomic mass is 32.2. The quantitative estimate of drug-likeness (QED) is 0.0835. The molecule has 1 aliphatic heterocycles. The van der Waals surface area contributed by atoms with Crippen LogP contribution in [0.15, 0.2) is 95.1 Å². The van der Waals surface area contributed by atoms with Crippen molar-refractivity contribution < 1.29 is 45.7 Å². The number of aryl methyl sites for hydroxylation is 1. The number of nitrogens with one attached hydrogen (secondary N) is 1. The zero-order valence-corrected chi connectivity index (χ0v) is 25.6. The molecule has 1 N–H and O–H groups in total. The molecule has 0 aliphatic carbocycles. The van der Waals surface area contributed by atoms with E-state index < -0.39 is 46.0 Å². The van der Waals surface area contributed by atoms with Gasteiger partial charge in [-0.25, -0.2) is 22.6 Å². The topological polar surface area (TPSA) is 158 Å². The standard InChI is InChI=1S/C30H27F3N6O7S/c1-19-8-10-21(11-9-19)26-16-27(30(31,32)33)34-38(26)24-12-14-25(15-13-24)47(43,44)35-28(40)23-17-37(18-23)39(42)36-46-20(2)45-29(41)22-6-4-3-5-7-22/h3-16,20,23H,17-18H2,1-2H3,(H,35,40)/b39-36+. The summed E-state index contributed by atoms with van der Waals surface area (Å²) in [5.41, 5.74) is 0.821. The van der Waals surface area contributed by atoms with Crippen LogP contribution in [-0.2, 0) is 30.6 Å². The van der Waals surface area contributed by atoms with Crippen LogP contribution in [0.1, 0.15) is 28.5 Å². The van der Waals surface area contributed by atoms with E-state index in [1.54, 1.807) is 42.5 Å². The normalized spacial score (nSPS) is 14.7. The predicted molar refractivity (Wildman–Crippen MR) is 158 cm³/mol. The Kier molecular flexibility index (Phi) is 9.19. The number of hydrogen-bond donors (Lipinski definition) is 1. The molecular weight excluding hydrogens is 645 g/mol. The lowest BCUT2D eigenvalue weighted by Gasteiger charge is -2.32. The van der Waals surface area contributed by atoms with Gasteiger partial charge in [0.25, 0.3) is 16.3 Å². The molecule has 1 aliphatic rings. The molecule has 246 valence electrons. The molecule has 0 radical (unpaired) electrons. The Morgan fingerprint density at radius 2 is 1.68 bits per heavy atom. The number of rotatable bonds is 10. The van der Waals surface area contributed by atoms with E-state index in [0.29, 0.717) is 5.56 Å². The number of halogens is 3. The van der Waals surface area contributed by atoms with Gasteiger partial charge in [0.05, 0.1) is 45.8 Å². The van der Waals surface area contributed by atoms with Gasteiger partial charge < -0.3 is 9.94 Å². The number of alkyl halides is 3. The molecule has 0 saturated carbocycles. The minimum atomic E-state index is -4.71. The smallest absolute Gasteiger partial charge is 0.435 e. The second-order valence-corrected chi connectivity index (χ2v) is 12.2. The molecule has 1 fully saturated rings. The first-order valence-electron chi connectivity index (χ1n) is 14.0. The first-order valence-corrected chi connectivity index (χ1v) is 15.5. The van der Waals surface area contributed by atoms with Crippen molar-refractivity contribution in [3.63, 3.8) is 0 Å². The summed E-state index contributed by atoms with van der Waals surface area (Å²) < 4.78 is 74.4. The number of benzene rings is 3. The van der Waals surface area contributed by atoms with Crippen molar-refractivity contribution in [3.05, 3.63) is 107 Å². The minimum Gasteiger partial charge on any atom is -0.569 e. The molecule has 1 aromatic heterocycles. The third-order valence-corrected chi connectivity index (χ3v) is 8.36. The first kappa shape index (κ1) is 32.9. The second kappa shape index (κ2) is 13.1. The summed E-state index contributed by atoms with van der Waals surface area (Å²) in [5, 5.41) is 20.2. The number of nitrogens with zero attached hydrogens (tertiary/aromatic N) is 5. The van der Waals surface area contributed by atoms with Gasteiger partial charge in [0.1, 0.15) is 0 Å². The van der Waals surface area contributed by atoms with Gasteiger partial charge in [0, 0.05) is 12.5 Å². The number of hydrazine groups is 1. The van der Waals surface area contributed by atoms with Crippen LogP contribution in [0, 0.1) is 18.0 Å². The summed E-state index contributed by atoms with van der Waals surface area (Å²) in [5.74, 6) is -2.45. The second-order valence-electron chi connectivity index (χ2n) is 10.5. The number of sulfonamides is 1. The molecule has 17 heteroatoms. The van der Waals surface area contributed by atoms with Gasteiger partial charge in [0.15, 0.2) is 5.69 Å². The molecule has 13 nitrogen and oxygen atoms in total. The van der Waals surface area contributed by atoms with Crippen LogP contribution in [0.5, 0.6) is 0 Å². The van der Waals surface area contributed by atoms with Crippen LogP contribution in [-0.4, -0.2) is 59.4 Å². The van der Waals surface area contributed by atoms with Crippen LogP contribution in [0.2, 0.25) is 0 Å². The maximum atomic E-state index is 13.5. The predicted octanol–water partition coefficient (Wildman–Crippen LogP) is 4.62. The van der Waals surface area contributed by atoms with E-state index in [1.165, 1.54) is 31.2 Å². The Bertz CT molecular complexity index is 1890. The number of carbonyl (C=O) groups excluding carboxylic acids is 2. The molecule has 3 aromatic carbocycles. The molecular formula is C30H27F3N6O7S. The van der Waals surface area contributed by atoms with Crippen molar-refractivity contribution in [2.75, 3.05) is 13.1 Å². The highest BCUT2D eigenvalue weighted by Crippen LogP contribution is 2.33. The number of aromatic nitrogens is 2. The highest BCUT2D eigenvalue weighted by Gasteiger charge is 2.40. The average Bonchev–Trinajstić information content (AvgIpc) is 3.46. The summed E-state index contributed by atoms with van der Waals surface area (Å²) >= 11 is 0. The van der Waals surface area contributed by atoms with Crippen molar-refractivity contribution in [2.45, 2.75) is 31.2 Å². The molecule has 0 bridgehead atoms. The van der Waals surface area contributed by atoms with Crippen LogP contribution in [0.3, 0.4) is 0 Å². The maximum absolute atomic E-state index is 13.5. The summed E-state index contributed by atoms with van der Waals surface area (Å²) in [6, 6.07) is 20.6. The van der Waals surface area contributed by atoms with Crippen LogP contribution in [0.25, 0.3) is 16.9 Å². The Labute approximate surface area is 266 Å². The van der Waals surface area contributed by atoms with Gasteiger partial charge >= 0.3 is 12.1 Å². The fourth-order valence-electron chi connectivity index (χ4n) is 4.42. The zero-order valence-electron chi connectivity index (χ0n) is 24.8. The summed E-state index contributed by atoms with van der Waals surface area (Å²) in [6.45, 7) is 2.82. The summed E-state index contributed by atoms with van der Waals surface area (Å²) in [7, 11) is -4.37. The lowest BCUT2D eigenvalue weighted by atomic mass is 10.0. The lowest BCUT2D eigenvalue weighted by Crippen LogP contribution is -2.56. The third-order valence-electron chi connectivity index (χ3n) is 7.00. The monoisotopic (exact) mass is 672 g/mol. The van der Waals surface area contributed by atoms with E-state index in [4.69, 9.17) is 9.57 Å². The van der Waals surface area contributed by atoms with Gasteiger partial charge in [-0.2, -0.15) is 18.3 Å². The number of carbonyl (C=O) groups is 2. The van der Waals surface area contributed by atoms with Crippen molar-refractivity contribution in [1.82, 2.24) is 19.5 Å². The SMILES string of the molecule is Cc1ccc(-c2cc(C(F)(F)F)nn2-c2ccc(S(=O)(=O)NC(=O)C3CN(/[N+]([O-])=N\OC(C)OC(=O)c4ccccc4)C3)cc2)cc1. The van der Waals surface area contributed by atoms with E-state index in [0.717, 1.165) is 33.5 Å². The van der Waals surface area contributed by atoms with Crippen LogP contribution >= 0.6 is 0 Å². The third kappa shape index (κ3) is 7.69. The molecule has 4 aromatic rings. The number of esters is 1. The van der Waals surface area contributed by atoms with Crippen molar-refractivity contribution in [3.8, 4) is 16.9 Å². The Hall–Kier alpha value is -5.45. The number of amides is 1. The maximum Gasteiger partial charge on any atom is 0.435 e. The lowest BCUT2D eigenvalue weighted by molar-refractivity contribution is -0.727. The first-order chi connectivity index (χ1) is 22.2. The molecule has 47 heavy (non-hydrogen) atoms.